The zero-order valence-corrected chi connectivity index (χ0v) is 17.6. The molecular formula is C22H29F2NO3S. The Hall–Kier alpha value is -1.50. The molecule has 4 aliphatic rings. The predicted octanol–water partition coefficient (Wildman–Crippen LogP) is 4.66. The molecule has 160 valence electrons. The van der Waals surface area contributed by atoms with Gasteiger partial charge in [-0.1, -0.05) is 6.07 Å². The van der Waals surface area contributed by atoms with Crippen molar-refractivity contribution in [1.82, 2.24) is 5.32 Å². The summed E-state index contributed by atoms with van der Waals surface area (Å²) in [6.45, 7) is -2.38. The Labute approximate surface area is 175 Å². The van der Waals surface area contributed by atoms with Crippen LogP contribution in [0.3, 0.4) is 0 Å². The fourth-order valence-electron chi connectivity index (χ4n) is 5.88. The second-order valence-corrected chi connectivity index (χ2v) is 10.3. The van der Waals surface area contributed by atoms with Gasteiger partial charge in [-0.2, -0.15) is 8.78 Å². The van der Waals surface area contributed by atoms with Crippen molar-refractivity contribution < 1.29 is 23.0 Å². The number of carbonyl (C=O) groups excluding carboxylic acids is 1. The smallest absolute Gasteiger partial charge is 0.387 e. The zero-order chi connectivity index (χ0) is 20.4. The monoisotopic (exact) mass is 425 g/mol. The lowest BCUT2D eigenvalue weighted by atomic mass is 9.56. The number of hydrogen-bond acceptors (Lipinski definition) is 4. The van der Waals surface area contributed by atoms with E-state index < -0.39 is 6.61 Å². The number of halogens is 2. The van der Waals surface area contributed by atoms with Crippen molar-refractivity contribution in [1.29, 1.82) is 0 Å². The van der Waals surface area contributed by atoms with E-state index in [-0.39, 0.29) is 17.4 Å². The Morgan fingerprint density at radius 2 is 1.83 bits per heavy atom. The normalized spacial score (nSPS) is 29.9. The maximum absolute atomic E-state index is 12.4. The zero-order valence-electron chi connectivity index (χ0n) is 16.8. The van der Waals surface area contributed by atoms with E-state index in [1.807, 2.05) is 11.8 Å². The van der Waals surface area contributed by atoms with Gasteiger partial charge < -0.3 is 14.8 Å². The van der Waals surface area contributed by atoms with Crippen molar-refractivity contribution in [3.05, 3.63) is 23.8 Å². The lowest BCUT2D eigenvalue weighted by Crippen LogP contribution is -2.49. The van der Waals surface area contributed by atoms with Gasteiger partial charge in [-0.25, -0.2) is 0 Å². The van der Waals surface area contributed by atoms with Crippen molar-refractivity contribution in [3.8, 4) is 11.5 Å². The van der Waals surface area contributed by atoms with Gasteiger partial charge in [0.2, 0.25) is 5.91 Å². The fourth-order valence-corrected chi connectivity index (χ4v) is 7.48. The van der Waals surface area contributed by atoms with Gasteiger partial charge in [0, 0.05) is 11.3 Å². The van der Waals surface area contributed by atoms with Gasteiger partial charge in [0.1, 0.15) is 0 Å². The number of nitrogens with one attached hydrogen (secondary N) is 1. The fraction of sp³-hybridized carbons (Fsp3) is 0.682. The van der Waals surface area contributed by atoms with Crippen molar-refractivity contribution in [2.24, 2.45) is 17.8 Å². The number of benzene rings is 1. The molecule has 1 aromatic rings. The molecule has 4 aliphatic carbocycles. The SMILES string of the molecule is COc1cc(CCNC(=O)CSC23CC4CC(CC(C4)C2)C3)ccc1OC(F)F. The quantitative estimate of drug-likeness (QED) is 0.625. The van der Waals surface area contributed by atoms with Gasteiger partial charge in [0.15, 0.2) is 11.5 Å². The average Bonchev–Trinajstić information content (AvgIpc) is 2.66. The molecule has 0 saturated heterocycles. The minimum Gasteiger partial charge on any atom is -0.493 e. The second kappa shape index (κ2) is 8.70. The number of thioether (sulfide) groups is 1. The third-order valence-corrected chi connectivity index (χ3v) is 8.19. The molecule has 0 atom stereocenters. The van der Waals surface area contributed by atoms with E-state index in [4.69, 9.17) is 4.74 Å². The van der Waals surface area contributed by atoms with Crippen LogP contribution in [-0.4, -0.2) is 36.7 Å². The van der Waals surface area contributed by atoms with Gasteiger partial charge >= 0.3 is 6.61 Å². The lowest BCUT2D eigenvalue weighted by Gasteiger charge is -2.56. The number of methoxy groups -OCH3 is 1. The molecule has 4 fully saturated rings. The molecule has 0 heterocycles. The van der Waals surface area contributed by atoms with Crippen LogP contribution in [0.1, 0.15) is 44.1 Å². The number of rotatable bonds is 9. The molecule has 1 amide bonds. The number of hydrogen-bond donors (Lipinski definition) is 1. The highest BCUT2D eigenvalue weighted by Gasteiger charge is 2.51. The van der Waals surface area contributed by atoms with Gasteiger partial charge in [-0.15, -0.1) is 11.8 Å². The minimum absolute atomic E-state index is 0.0160. The van der Waals surface area contributed by atoms with Gasteiger partial charge in [0.25, 0.3) is 0 Å². The molecule has 0 radical (unpaired) electrons. The van der Waals surface area contributed by atoms with Crippen molar-refractivity contribution in [2.75, 3.05) is 19.4 Å². The molecule has 1 N–H and O–H groups in total. The summed E-state index contributed by atoms with van der Waals surface area (Å²) in [5.74, 6) is 3.57. The van der Waals surface area contributed by atoms with Gasteiger partial charge in [0.05, 0.1) is 12.9 Å². The van der Waals surface area contributed by atoms with Gasteiger partial charge in [-0.3, -0.25) is 4.79 Å². The molecule has 7 heteroatoms. The number of alkyl halides is 2. The summed E-state index contributed by atoms with van der Waals surface area (Å²) in [4.78, 5) is 12.4. The number of amides is 1. The molecule has 4 bridgehead atoms. The first-order chi connectivity index (χ1) is 13.9. The Morgan fingerprint density at radius 3 is 2.41 bits per heavy atom. The molecule has 4 saturated carbocycles. The van der Waals surface area contributed by atoms with Crippen LogP contribution in [0.4, 0.5) is 8.78 Å². The third-order valence-electron chi connectivity index (χ3n) is 6.67. The first-order valence-corrected chi connectivity index (χ1v) is 11.5. The topological polar surface area (TPSA) is 47.6 Å². The molecule has 29 heavy (non-hydrogen) atoms. The molecule has 0 aromatic heterocycles. The largest absolute Gasteiger partial charge is 0.493 e. The highest BCUT2D eigenvalue weighted by molar-refractivity contribution is 8.01. The molecule has 0 aliphatic heterocycles. The van der Waals surface area contributed by atoms with Gasteiger partial charge in [-0.05, 0) is 80.4 Å². The van der Waals surface area contributed by atoms with Crippen molar-refractivity contribution >= 4 is 17.7 Å². The van der Waals surface area contributed by atoms with E-state index in [0.29, 0.717) is 23.5 Å². The Balaban J connectivity index is 1.22. The molecule has 4 nitrogen and oxygen atoms in total. The molecule has 1 aromatic carbocycles. The summed E-state index contributed by atoms with van der Waals surface area (Å²) in [6.07, 6.45) is 8.74. The lowest BCUT2D eigenvalue weighted by molar-refractivity contribution is -0.118. The standard InChI is InChI=1S/C22H29F2NO3S/c1-27-19-9-14(2-3-18(19)28-21(23)24)4-5-25-20(26)13-29-22-10-15-6-16(11-22)8-17(7-15)12-22/h2-3,9,15-17,21H,4-8,10-13H2,1H3,(H,25,26). The Bertz CT molecular complexity index is 707. The van der Waals surface area contributed by atoms with Crippen LogP contribution in [0.5, 0.6) is 11.5 Å². The predicted molar refractivity (Wildman–Crippen MR) is 110 cm³/mol. The second-order valence-electron chi connectivity index (χ2n) is 8.85. The van der Waals surface area contributed by atoms with Crippen molar-refractivity contribution in [2.45, 2.75) is 56.3 Å². The van der Waals surface area contributed by atoms with Crippen LogP contribution in [0.25, 0.3) is 0 Å². The van der Waals surface area contributed by atoms with Crippen molar-refractivity contribution in [3.63, 3.8) is 0 Å². The first-order valence-electron chi connectivity index (χ1n) is 10.5. The maximum Gasteiger partial charge on any atom is 0.387 e. The number of carbonyl (C=O) groups is 1. The number of ether oxygens (including phenoxy) is 2. The summed E-state index contributed by atoms with van der Waals surface area (Å²) in [5, 5.41) is 3.00. The highest BCUT2D eigenvalue weighted by Crippen LogP contribution is 2.60. The maximum atomic E-state index is 12.4. The van der Waals surface area contributed by atoms with Crippen LogP contribution in [0, 0.1) is 17.8 Å². The van der Waals surface area contributed by atoms with Crippen LogP contribution in [0.2, 0.25) is 0 Å². The molecule has 0 unspecified atom stereocenters. The Kier molecular flexibility index (Phi) is 6.23. The summed E-state index contributed by atoms with van der Waals surface area (Å²) < 4.78 is 34.7. The molecule has 0 spiro atoms. The van der Waals surface area contributed by atoms with Crippen LogP contribution in [-0.2, 0) is 11.2 Å². The van der Waals surface area contributed by atoms with E-state index in [1.165, 1.54) is 51.7 Å². The van der Waals surface area contributed by atoms with Crippen LogP contribution < -0.4 is 14.8 Å². The van der Waals surface area contributed by atoms with E-state index in [9.17, 15) is 13.6 Å². The van der Waals surface area contributed by atoms with Crippen LogP contribution >= 0.6 is 11.8 Å². The minimum atomic E-state index is -2.89. The average molecular weight is 426 g/mol. The molecule has 5 rings (SSSR count). The summed E-state index contributed by atoms with van der Waals surface area (Å²) in [6, 6.07) is 4.87. The molecular weight excluding hydrogens is 396 g/mol. The summed E-state index contributed by atoms with van der Waals surface area (Å²) in [5.41, 5.74) is 0.900. The third kappa shape index (κ3) is 4.98. The van der Waals surface area contributed by atoms with Crippen LogP contribution in [0.15, 0.2) is 18.2 Å². The Morgan fingerprint density at radius 1 is 1.17 bits per heavy atom. The highest BCUT2D eigenvalue weighted by atomic mass is 32.2. The van der Waals surface area contributed by atoms with E-state index >= 15 is 0 Å². The van der Waals surface area contributed by atoms with E-state index in [1.54, 1.807) is 12.1 Å². The van der Waals surface area contributed by atoms with E-state index in [2.05, 4.69) is 10.1 Å². The summed E-state index contributed by atoms with van der Waals surface area (Å²) in [7, 11) is 1.42. The van der Waals surface area contributed by atoms with E-state index in [0.717, 1.165) is 23.3 Å². The first kappa shape index (κ1) is 20.8. The summed E-state index contributed by atoms with van der Waals surface area (Å²) >= 11 is 1.88.